The fourth-order valence-corrected chi connectivity index (χ4v) is 2.61. The van der Waals surface area contributed by atoms with Crippen LogP contribution in [0, 0.1) is 17.8 Å². The molecule has 1 fully saturated rings. The van der Waals surface area contributed by atoms with Crippen LogP contribution in [0.1, 0.15) is 59.8 Å². The molecule has 0 radical (unpaired) electrons. The summed E-state index contributed by atoms with van der Waals surface area (Å²) in [7, 11) is 0. The van der Waals surface area contributed by atoms with Gasteiger partial charge in [0.25, 0.3) is 0 Å². The van der Waals surface area contributed by atoms with Crippen molar-refractivity contribution < 1.29 is 0 Å². The van der Waals surface area contributed by atoms with Gasteiger partial charge >= 0.3 is 0 Å². The normalized spacial score (nSPS) is 26.5. The van der Waals surface area contributed by atoms with Crippen LogP contribution in [0.3, 0.4) is 0 Å². The Hall–Kier alpha value is -0.300. The van der Waals surface area contributed by atoms with Crippen molar-refractivity contribution in [2.75, 3.05) is 13.1 Å². The topological polar surface area (TPSA) is 12.0 Å². The summed E-state index contributed by atoms with van der Waals surface area (Å²) < 4.78 is 0. The molecule has 0 aliphatic heterocycles. The molecule has 100 valence electrons. The Morgan fingerprint density at radius 1 is 1.24 bits per heavy atom. The van der Waals surface area contributed by atoms with Crippen molar-refractivity contribution >= 4 is 0 Å². The summed E-state index contributed by atoms with van der Waals surface area (Å²) in [5.41, 5.74) is 1.62. The van der Waals surface area contributed by atoms with E-state index in [2.05, 4.69) is 39.1 Å². The Morgan fingerprint density at radius 2 is 1.88 bits per heavy atom. The molecule has 1 nitrogen and oxygen atoms in total. The molecule has 0 unspecified atom stereocenters. The molecule has 1 N–H and O–H groups in total. The number of hydrogen-bond acceptors (Lipinski definition) is 1. The van der Waals surface area contributed by atoms with Crippen molar-refractivity contribution in [3.63, 3.8) is 0 Å². The molecule has 0 atom stereocenters. The van der Waals surface area contributed by atoms with Crippen LogP contribution in [0.5, 0.6) is 0 Å². The van der Waals surface area contributed by atoms with Gasteiger partial charge in [-0.25, -0.2) is 0 Å². The maximum absolute atomic E-state index is 3.57. The summed E-state index contributed by atoms with van der Waals surface area (Å²) in [4.78, 5) is 0. The minimum atomic E-state index is 0.753. The smallest absolute Gasteiger partial charge is 0.0164 e. The molecule has 0 amide bonds. The molecule has 1 aliphatic rings. The first-order valence-electron chi connectivity index (χ1n) is 7.52. The third-order valence-corrected chi connectivity index (χ3v) is 3.89. The number of hydrogen-bond donors (Lipinski definition) is 1. The summed E-state index contributed by atoms with van der Waals surface area (Å²) in [5, 5.41) is 3.57. The minimum Gasteiger partial charge on any atom is -0.313 e. The second-order valence-corrected chi connectivity index (χ2v) is 6.22. The van der Waals surface area contributed by atoms with Gasteiger partial charge in [0.1, 0.15) is 0 Å². The summed E-state index contributed by atoms with van der Waals surface area (Å²) in [5.74, 6) is 2.58. The van der Waals surface area contributed by atoms with Crippen LogP contribution in [0.25, 0.3) is 0 Å². The molecule has 1 saturated carbocycles. The quantitative estimate of drug-likeness (QED) is 0.675. The highest BCUT2D eigenvalue weighted by molar-refractivity contribution is 5.06. The van der Waals surface area contributed by atoms with Crippen molar-refractivity contribution in [2.24, 2.45) is 17.8 Å². The van der Waals surface area contributed by atoms with Gasteiger partial charge in [-0.05, 0) is 43.6 Å². The van der Waals surface area contributed by atoms with Gasteiger partial charge in [0.2, 0.25) is 0 Å². The number of rotatable bonds is 6. The zero-order chi connectivity index (χ0) is 12.7. The zero-order valence-corrected chi connectivity index (χ0v) is 12.3. The Morgan fingerprint density at radius 3 is 2.41 bits per heavy atom. The summed E-state index contributed by atoms with van der Waals surface area (Å²) >= 11 is 0. The second kappa shape index (κ2) is 7.92. The predicted molar refractivity (Wildman–Crippen MR) is 77.2 cm³/mol. The molecule has 1 aliphatic carbocycles. The van der Waals surface area contributed by atoms with Gasteiger partial charge in [-0.1, -0.05) is 52.2 Å². The summed E-state index contributed by atoms with van der Waals surface area (Å²) in [6.45, 7) is 11.5. The van der Waals surface area contributed by atoms with E-state index in [0.29, 0.717) is 0 Å². The third kappa shape index (κ3) is 6.26. The lowest BCUT2D eigenvalue weighted by Gasteiger charge is -2.24. The SMILES string of the molecule is CC/C(=C/C1CCC(C)CC1)CNCC(C)C. The van der Waals surface area contributed by atoms with Crippen molar-refractivity contribution in [1.29, 1.82) is 0 Å². The van der Waals surface area contributed by atoms with Crippen LogP contribution in [-0.2, 0) is 0 Å². The zero-order valence-electron chi connectivity index (χ0n) is 12.3. The van der Waals surface area contributed by atoms with E-state index in [1.807, 2.05) is 0 Å². The highest BCUT2D eigenvalue weighted by atomic mass is 14.9. The van der Waals surface area contributed by atoms with E-state index in [4.69, 9.17) is 0 Å². The van der Waals surface area contributed by atoms with Gasteiger partial charge in [-0.15, -0.1) is 0 Å². The molecule has 0 aromatic heterocycles. The molecule has 0 aromatic rings. The first-order valence-corrected chi connectivity index (χ1v) is 7.52. The average Bonchev–Trinajstić information content (AvgIpc) is 2.30. The van der Waals surface area contributed by atoms with E-state index >= 15 is 0 Å². The van der Waals surface area contributed by atoms with Crippen molar-refractivity contribution in [2.45, 2.75) is 59.8 Å². The van der Waals surface area contributed by atoms with Crippen LogP contribution >= 0.6 is 0 Å². The largest absolute Gasteiger partial charge is 0.313 e. The molecular formula is C16H31N. The first-order chi connectivity index (χ1) is 8.11. The standard InChI is InChI=1S/C16H31N/c1-5-15(12-17-11-13(2)3)10-16-8-6-14(4)7-9-16/h10,13-14,16-17H,5-9,11-12H2,1-4H3/b15-10-. The van der Waals surface area contributed by atoms with Crippen LogP contribution in [0.2, 0.25) is 0 Å². The summed E-state index contributed by atoms with van der Waals surface area (Å²) in [6.07, 6.45) is 9.45. The average molecular weight is 237 g/mol. The molecule has 0 heterocycles. The molecule has 0 spiro atoms. The molecule has 17 heavy (non-hydrogen) atoms. The van der Waals surface area contributed by atoms with Gasteiger partial charge in [0, 0.05) is 6.54 Å². The Balaban J connectivity index is 2.32. The predicted octanol–water partition coefficient (Wildman–Crippen LogP) is 4.39. The van der Waals surface area contributed by atoms with Crippen LogP contribution in [-0.4, -0.2) is 13.1 Å². The lowest BCUT2D eigenvalue weighted by atomic mass is 9.82. The number of nitrogens with one attached hydrogen (secondary N) is 1. The maximum Gasteiger partial charge on any atom is 0.0164 e. The van der Waals surface area contributed by atoms with Gasteiger partial charge in [-0.3, -0.25) is 0 Å². The third-order valence-electron chi connectivity index (χ3n) is 3.89. The van der Waals surface area contributed by atoms with E-state index in [-0.39, 0.29) is 0 Å². The van der Waals surface area contributed by atoms with Crippen molar-refractivity contribution in [1.82, 2.24) is 5.32 Å². The fourth-order valence-electron chi connectivity index (χ4n) is 2.61. The molecule has 0 saturated heterocycles. The lowest BCUT2D eigenvalue weighted by molar-refractivity contribution is 0.329. The number of allylic oxidation sites excluding steroid dienone is 1. The van der Waals surface area contributed by atoms with E-state index < -0.39 is 0 Å². The molecular weight excluding hydrogens is 206 g/mol. The van der Waals surface area contributed by atoms with E-state index in [0.717, 1.165) is 30.8 Å². The van der Waals surface area contributed by atoms with Gasteiger partial charge in [0.15, 0.2) is 0 Å². The summed E-state index contributed by atoms with van der Waals surface area (Å²) in [6, 6.07) is 0. The van der Waals surface area contributed by atoms with Gasteiger partial charge < -0.3 is 5.32 Å². The fraction of sp³-hybridized carbons (Fsp3) is 0.875. The Kier molecular flexibility index (Phi) is 6.87. The van der Waals surface area contributed by atoms with Crippen molar-refractivity contribution in [3.8, 4) is 0 Å². The van der Waals surface area contributed by atoms with Crippen molar-refractivity contribution in [3.05, 3.63) is 11.6 Å². The highest BCUT2D eigenvalue weighted by Crippen LogP contribution is 2.29. The molecule has 0 aromatic carbocycles. The lowest BCUT2D eigenvalue weighted by Crippen LogP contribution is -2.22. The Labute approximate surface area is 108 Å². The first kappa shape index (κ1) is 14.8. The molecule has 0 bridgehead atoms. The molecule has 1 rings (SSSR count). The minimum absolute atomic E-state index is 0.753. The monoisotopic (exact) mass is 237 g/mol. The van der Waals surface area contributed by atoms with Crippen LogP contribution < -0.4 is 5.32 Å². The maximum atomic E-state index is 3.57. The highest BCUT2D eigenvalue weighted by Gasteiger charge is 2.16. The van der Waals surface area contributed by atoms with Gasteiger partial charge in [-0.2, -0.15) is 0 Å². The van der Waals surface area contributed by atoms with E-state index in [1.54, 1.807) is 5.57 Å². The van der Waals surface area contributed by atoms with Gasteiger partial charge in [0.05, 0.1) is 0 Å². The Bertz CT molecular complexity index is 222. The molecule has 1 heteroatoms. The van der Waals surface area contributed by atoms with E-state index in [9.17, 15) is 0 Å². The van der Waals surface area contributed by atoms with Crippen LogP contribution in [0.15, 0.2) is 11.6 Å². The van der Waals surface area contributed by atoms with E-state index in [1.165, 1.54) is 32.1 Å². The van der Waals surface area contributed by atoms with Crippen LogP contribution in [0.4, 0.5) is 0 Å². The second-order valence-electron chi connectivity index (χ2n) is 6.22.